The molecule has 0 aliphatic rings. The van der Waals surface area contributed by atoms with Crippen LogP contribution in [0.1, 0.15) is 11.1 Å². The van der Waals surface area contributed by atoms with Crippen LogP contribution in [0.5, 0.6) is 0 Å². The smallest absolute Gasteiger partial charge is 0.326 e. The van der Waals surface area contributed by atoms with Crippen molar-refractivity contribution in [3.8, 4) is 0 Å². The number of rotatable bonds is 1. The Morgan fingerprint density at radius 2 is 1.86 bits per heavy atom. The van der Waals surface area contributed by atoms with Crippen molar-refractivity contribution in [2.45, 2.75) is 12.7 Å². The fourth-order valence-corrected chi connectivity index (χ4v) is 1.62. The summed E-state index contributed by atoms with van der Waals surface area (Å²) in [5, 5.41) is 0. The van der Waals surface area contributed by atoms with E-state index in [-0.39, 0.29) is 16.6 Å². The predicted molar refractivity (Wildman–Crippen MR) is 47.0 cm³/mol. The van der Waals surface area contributed by atoms with Gasteiger partial charge in [0.1, 0.15) is 5.82 Å². The molecule has 0 atom stereocenters. The molecule has 0 bridgehead atoms. The lowest BCUT2D eigenvalue weighted by atomic mass is 10.1. The summed E-state index contributed by atoms with van der Waals surface area (Å²) in [5.74, 6) is -0.944. The molecule has 6 heteroatoms. The summed E-state index contributed by atoms with van der Waals surface area (Å²) < 4.78 is 49.5. The summed E-state index contributed by atoms with van der Waals surface area (Å²) in [6, 6.07) is 1.41. The van der Waals surface area contributed by atoms with Crippen LogP contribution in [-0.2, 0) is 12.7 Å². The molecule has 1 rings (SSSR count). The topological polar surface area (TPSA) is 26.0 Å². The number of halogens is 5. The molecule has 0 aromatic heterocycles. The van der Waals surface area contributed by atoms with Crippen LogP contribution >= 0.6 is 15.9 Å². The molecule has 1 nitrogen and oxygen atoms in total. The van der Waals surface area contributed by atoms with Crippen LogP contribution in [0.25, 0.3) is 0 Å². The van der Waals surface area contributed by atoms with Gasteiger partial charge in [-0.3, -0.25) is 0 Å². The van der Waals surface area contributed by atoms with Gasteiger partial charge in [0.2, 0.25) is 0 Å². The molecule has 0 heterocycles. The quantitative estimate of drug-likeness (QED) is 0.781. The Morgan fingerprint density at radius 3 is 2.29 bits per heavy atom. The second kappa shape index (κ2) is 3.86. The van der Waals surface area contributed by atoms with E-state index < -0.39 is 17.6 Å². The Labute approximate surface area is 86.0 Å². The van der Waals surface area contributed by atoms with Gasteiger partial charge in [-0.25, -0.2) is 4.39 Å². The fraction of sp³-hybridized carbons (Fsp3) is 0.250. The Kier molecular flexibility index (Phi) is 3.16. The molecule has 0 aliphatic heterocycles. The zero-order valence-electron chi connectivity index (χ0n) is 6.83. The van der Waals surface area contributed by atoms with Gasteiger partial charge in [-0.2, -0.15) is 13.2 Å². The normalized spacial score (nSPS) is 11.9. The molecular formula is C8H6BrF4N. The lowest BCUT2D eigenvalue weighted by Crippen LogP contribution is -2.10. The number of nitrogens with two attached hydrogens (primary N) is 1. The van der Waals surface area contributed by atoms with E-state index in [0.29, 0.717) is 6.07 Å². The molecule has 0 fully saturated rings. The van der Waals surface area contributed by atoms with Crippen molar-refractivity contribution >= 4 is 15.9 Å². The molecule has 78 valence electrons. The summed E-state index contributed by atoms with van der Waals surface area (Å²) >= 11 is 2.74. The first-order valence-electron chi connectivity index (χ1n) is 3.61. The first-order valence-corrected chi connectivity index (χ1v) is 4.40. The molecule has 2 N–H and O–H groups in total. The Balaban J connectivity index is 3.37. The second-order valence-electron chi connectivity index (χ2n) is 2.63. The van der Waals surface area contributed by atoms with E-state index in [1.54, 1.807) is 0 Å². The van der Waals surface area contributed by atoms with Crippen molar-refractivity contribution < 1.29 is 17.6 Å². The van der Waals surface area contributed by atoms with E-state index in [0.717, 1.165) is 6.07 Å². The highest BCUT2D eigenvalue weighted by molar-refractivity contribution is 9.10. The average Bonchev–Trinajstić information content (AvgIpc) is 2.06. The standard InChI is InChI=1S/C8H6BrF4N/c9-7-4(3-14)1-5(10)2-6(7)8(11,12)13/h1-2H,3,14H2. The molecule has 0 unspecified atom stereocenters. The second-order valence-corrected chi connectivity index (χ2v) is 3.42. The number of alkyl halides is 3. The lowest BCUT2D eigenvalue weighted by molar-refractivity contribution is -0.138. The first-order chi connectivity index (χ1) is 6.36. The maximum absolute atomic E-state index is 12.7. The van der Waals surface area contributed by atoms with Crippen molar-refractivity contribution in [3.63, 3.8) is 0 Å². The molecule has 14 heavy (non-hydrogen) atoms. The molecule has 0 aliphatic carbocycles. The zero-order valence-corrected chi connectivity index (χ0v) is 8.41. The highest BCUT2D eigenvalue weighted by atomic mass is 79.9. The summed E-state index contributed by atoms with van der Waals surface area (Å²) in [6.45, 7) is -0.151. The van der Waals surface area contributed by atoms with Crippen molar-refractivity contribution in [1.29, 1.82) is 0 Å². The molecule has 0 saturated carbocycles. The van der Waals surface area contributed by atoms with Crippen LogP contribution in [0.3, 0.4) is 0 Å². The Hall–Kier alpha value is -0.620. The third-order valence-electron chi connectivity index (χ3n) is 1.64. The molecular weight excluding hydrogens is 266 g/mol. The van der Waals surface area contributed by atoms with E-state index in [1.165, 1.54) is 0 Å². The summed E-state index contributed by atoms with van der Waals surface area (Å²) in [7, 11) is 0. The largest absolute Gasteiger partial charge is 0.417 e. The van der Waals surface area contributed by atoms with Crippen molar-refractivity contribution in [3.05, 3.63) is 33.5 Å². The third kappa shape index (κ3) is 2.24. The van der Waals surface area contributed by atoms with E-state index in [1.807, 2.05) is 0 Å². The van der Waals surface area contributed by atoms with E-state index in [9.17, 15) is 17.6 Å². The fourth-order valence-electron chi connectivity index (χ4n) is 1.00. The van der Waals surface area contributed by atoms with Gasteiger partial charge in [0.15, 0.2) is 0 Å². The van der Waals surface area contributed by atoms with Gasteiger partial charge in [-0.1, -0.05) is 0 Å². The maximum atomic E-state index is 12.7. The number of benzene rings is 1. The summed E-state index contributed by atoms with van der Waals surface area (Å²) in [5.41, 5.74) is 4.22. The van der Waals surface area contributed by atoms with Gasteiger partial charge < -0.3 is 5.73 Å². The molecule has 0 spiro atoms. The molecule has 0 radical (unpaired) electrons. The highest BCUT2D eigenvalue weighted by Crippen LogP contribution is 2.36. The van der Waals surface area contributed by atoms with Crippen molar-refractivity contribution in [2.75, 3.05) is 0 Å². The molecule has 1 aromatic carbocycles. The Bertz CT molecular complexity index is 348. The average molecular weight is 272 g/mol. The minimum Gasteiger partial charge on any atom is -0.326 e. The summed E-state index contributed by atoms with van der Waals surface area (Å²) in [6.07, 6.45) is -4.58. The van der Waals surface area contributed by atoms with Crippen molar-refractivity contribution in [1.82, 2.24) is 0 Å². The third-order valence-corrected chi connectivity index (χ3v) is 2.57. The first kappa shape index (κ1) is 11.5. The van der Waals surface area contributed by atoms with Crippen LogP contribution < -0.4 is 5.73 Å². The summed E-state index contributed by atoms with van der Waals surface area (Å²) in [4.78, 5) is 0. The molecule has 1 aromatic rings. The van der Waals surface area contributed by atoms with Crippen LogP contribution in [0, 0.1) is 5.82 Å². The van der Waals surface area contributed by atoms with Gasteiger partial charge >= 0.3 is 6.18 Å². The lowest BCUT2D eigenvalue weighted by Gasteiger charge is -2.11. The minimum absolute atomic E-state index is 0.0947. The maximum Gasteiger partial charge on any atom is 0.417 e. The van der Waals surface area contributed by atoms with Gasteiger partial charge in [-0.15, -0.1) is 0 Å². The van der Waals surface area contributed by atoms with Crippen LogP contribution in [-0.4, -0.2) is 0 Å². The van der Waals surface area contributed by atoms with Gasteiger partial charge in [0.25, 0.3) is 0 Å². The van der Waals surface area contributed by atoms with E-state index in [2.05, 4.69) is 15.9 Å². The van der Waals surface area contributed by atoms with E-state index in [4.69, 9.17) is 5.73 Å². The Morgan fingerprint density at radius 1 is 1.29 bits per heavy atom. The van der Waals surface area contributed by atoms with Crippen LogP contribution in [0.15, 0.2) is 16.6 Å². The monoisotopic (exact) mass is 271 g/mol. The number of hydrogen-bond acceptors (Lipinski definition) is 1. The predicted octanol–water partition coefficient (Wildman–Crippen LogP) is 3.07. The molecule has 0 saturated heterocycles. The van der Waals surface area contributed by atoms with Crippen LogP contribution in [0.4, 0.5) is 17.6 Å². The SMILES string of the molecule is NCc1cc(F)cc(C(F)(F)F)c1Br. The minimum atomic E-state index is -4.58. The highest BCUT2D eigenvalue weighted by Gasteiger charge is 2.34. The van der Waals surface area contributed by atoms with Gasteiger partial charge in [0.05, 0.1) is 5.56 Å². The van der Waals surface area contributed by atoms with Crippen LogP contribution in [0.2, 0.25) is 0 Å². The van der Waals surface area contributed by atoms with Gasteiger partial charge in [-0.05, 0) is 33.6 Å². The zero-order chi connectivity index (χ0) is 10.9. The van der Waals surface area contributed by atoms with Crippen molar-refractivity contribution in [2.24, 2.45) is 5.73 Å². The number of hydrogen-bond donors (Lipinski definition) is 1. The van der Waals surface area contributed by atoms with E-state index >= 15 is 0 Å². The van der Waals surface area contributed by atoms with Gasteiger partial charge in [0, 0.05) is 11.0 Å². The molecule has 0 amide bonds.